The van der Waals surface area contributed by atoms with E-state index in [1.165, 1.54) is 17.1 Å². The number of carbonyl (C=O) groups excluding carboxylic acids is 1. The summed E-state index contributed by atoms with van der Waals surface area (Å²) in [6.07, 6.45) is 2.24. The number of rotatable bonds is 5. The molecule has 0 radical (unpaired) electrons. The standard InChI is InChI=1S/C14H16N2OS/c1-3-5-12-14(18-16-15-12)13(17)9-11-7-4-6-10(2)8-11/h4,6-8H,3,5,9H2,1-2H3. The second-order valence-electron chi connectivity index (χ2n) is 4.39. The maximum atomic E-state index is 12.2. The molecule has 2 aromatic rings. The first-order chi connectivity index (χ1) is 8.70. The molecule has 0 fully saturated rings. The van der Waals surface area contributed by atoms with E-state index >= 15 is 0 Å². The number of aromatic nitrogens is 2. The number of aryl methyl sites for hydroxylation is 2. The van der Waals surface area contributed by atoms with Gasteiger partial charge in [-0.15, -0.1) is 5.10 Å². The van der Waals surface area contributed by atoms with E-state index in [0.717, 1.165) is 29.0 Å². The zero-order valence-electron chi connectivity index (χ0n) is 10.6. The average molecular weight is 260 g/mol. The molecule has 0 aliphatic rings. The number of benzene rings is 1. The van der Waals surface area contributed by atoms with Crippen molar-refractivity contribution in [2.75, 3.05) is 0 Å². The van der Waals surface area contributed by atoms with Crippen LogP contribution in [0, 0.1) is 6.92 Å². The molecule has 18 heavy (non-hydrogen) atoms. The van der Waals surface area contributed by atoms with Crippen LogP contribution >= 0.6 is 11.5 Å². The molecule has 2 rings (SSSR count). The molecule has 0 spiro atoms. The first-order valence-corrected chi connectivity index (χ1v) is 6.88. The van der Waals surface area contributed by atoms with Crippen molar-refractivity contribution in [1.82, 2.24) is 9.59 Å². The Morgan fingerprint density at radius 3 is 2.94 bits per heavy atom. The van der Waals surface area contributed by atoms with Crippen LogP contribution in [0.3, 0.4) is 0 Å². The van der Waals surface area contributed by atoms with Gasteiger partial charge in [0.05, 0.1) is 5.69 Å². The van der Waals surface area contributed by atoms with Gasteiger partial charge in [-0.25, -0.2) is 0 Å². The lowest BCUT2D eigenvalue weighted by atomic mass is 10.0. The minimum Gasteiger partial charge on any atom is -0.293 e. The third kappa shape index (κ3) is 3.01. The molecule has 1 heterocycles. The second kappa shape index (κ2) is 5.87. The first-order valence-electron chi connectivity index (χ1n) is 6.10. The van der Waals surface area contributed by atoms with E-state index in [4.69, 9.17) is 0 Å². The minimum absolute atomic E-state index is 0.124. The monoisotopic (exact) mass is 260 g/mol. The number of hydrogen-bond donors (Lipinski definition) is 0. The molecule has 0 atom stereocenters. The molecule has 3 nitrogen and oxygen atoms in total. The van der Waals surface area contributed by atoms with Crippen molar-refractivity contribution < 1.29 is 4.79 Å². The third-order valence-electron chi connectivity index (χ3n) is 2.74. The summed E-state index contributed by atoms with van der Waals surface area (Å²) in [5, 5.41) is 4.03. The molecule has 0 unspecified atom stereocenters. The van der Waals surface area contributed by atoms with Crippen LogP contribution in [0.15, 0.2) is 24.3 Å². The van der Waals surface area contributed by atoms with Crippen molar-refractivity contribution in [2.45, 2.75) is 33.1 Å². The highest BCUT2D eigenvalue weighted by molar-refractivity contribution is 7.08. The van der Waals surface area contributed by atoms with Gasteiger partial charge in [-0.2, -0.15) is 0 Å². The summed E-state index contributed by atoms with van der Waals surface area (Å²) in [7, 11) is 0. The largest absolute Gasteiger partial charge is 0.293 e. The van der Waals surface area contributed by atoms with E-state index in [9.17, 15) is 4.79 Å². The van der Waals surface area contributed by atoms with Gasteiger partial charge >= 0.3 is 0 Å². The van der Waals surface area contributed by atoms with E-state index in [1.54, 1.807) is 0 Å². The van der Waals surface area contributed by atoms with Crippen molar-refractivity contribution >= 4 is 17.3 Å². The van der Waals surface area contributed by atoms with Gasteiger partial charge in [0, 0.05) is 6.42 Å². The molecule has 94 valence electrons. The van der Waals surface area contributed by atoms with Gasteiger partial charge in [0.25, 0.3) is 0 Å². The van der Waals surface area contributed by atoms with E-state index in [1.807, 2.05) is 31.2 Å². The number of hydrogen-bond acceptors (Lipinski definition) is 4. The number of ketones is 1. The Morgan fingerprint density at radius 2 is 2.22 bits per heavy atom. The van der Waals surface area contributed by atoms with Crippen LogP contribution < -0.4 is 0 Å². The van der Waals surface area contributed by atoms with Crippen molar-refractivity contribution in [3.05, 3.63) is 46.0 Å². The molecule has 1 aromatic heterocycles. The summed E-state index contributed by atoms with van der Waals surface area (Å²) in [6.45, 7) is 4.11. The SMILES string of the molecule is CCCc1nnsc1C(=O)Cc1cccc(C)c1. The summed E-state index contributed by atoms with van der Waals surface area (Å²) >= 11 is 1.21. The Bertz CT molecular complexity index is 548. The molecule has 0 saturated carbocycles. The molecule has 0 saturated heterocycles. The normalized spacial score (nSPS) is 10.6. The molecule has 0 amide bonds. The number of nitrogens with zero attached hydrogens (tertiary/aromatic N) is 2. The summed E-state index contributed by atoms with van der Waals surface area (Å²) < 4.78 is 3.89. The molecule has 0 N–H and O–H groups in total. The smallest absolute Gasteiger partial charge is 0.180 e. The summed E-state index contributed by atoms with van der Waals surface area (Å²) in [5.41, 5.74) is 3.08. The summed E-state index contributed by atoms with van der Waals surface area (Å²) in [6, 6.07) is 8.05. The van der Waals surface area contributed by atoms with Crippen LogP contribution in [-0.2, 0) is 12.8 Å². The average Bonchev–Trinajstić information content (AvgIpc) is 2.78. The highest BCUT2D eigenvalue weighted by Gasteiger charge is 2.15. The second-order valence-corrected chi connectivity index (χ2v) is 5.14. The quantitative estimate of drug-likeness (QED) is 0.775. The Hall–Kier alpha value is -1.55. The van der Waals surface area contributed by atoms with Gasteiger partial charge in [0.15, 0.2) is 5.78 Å². The van der Waals surface area contributed by atoms with Gasteiger partial charge in [-0.1, -0.05) is 47.7 Å². The molecular weight excluding hydrogens is 244 g/mol. The predicted molar refractivity (Wildman–Crippen MR) is 73.1 cm³/mol. The van der Waals surface area contributed by atoms with Crippen LogP contribution in [0.4, 0.5) is 0 Å². The Labute approximate surface area is 111 Å². The Morgan fingerprint density at radius 1 is 1.39 bits per heavy atom. The summed E-state index contributed by atoms with van der Waals surface area (Å²) in [4.78, 5) is 12.9. The molecule has 4 heteroatoms. The lowest BCUT2D eigenvalue weighted by Gasteiger charge is -2.01. The van der Waals surface area contributed by atoms with E-state index in [0.29, 0.717) is 6.42 Å². The van der Waals surface area contributed by atoms with Crippen LogP contribution in [0.2, 0.25) is 0 Å². The van der Waals surface area contributed by atoms with E-state index in [2.05, 4.69) is 16.5 Å². The number of Topliss-reactive ketones (excluding diaryl/α,β-unsaturated/α-hetero) is 1. The third-order valence-corrected chi connectivity index (χ3v) is 3.55. The maximum absolute atomic E-state index is 12.2. The summed E-state index contributed by atoms with van der Waals surface area (Å²) in [5.74, 6) is 0.124. The minimum atomic E-state index is 0.124. The fourth-order valence-corrected chi connectivity index (χ4v) is 2.55. The Balaban J connectivity index is 2.14. The molecule has 0 aliphatic heterocycles. The van der Waals surface area contributed by atoms with Gasteiger partial charge < -0.3 is 0 Å². The van der Waals surface area contributed by atoms with Crippen LogP contribution in [0.5, 0.6) is 0 Å². The van der Waals surface area contributed by atoms with Crippen molar-refractivity contribution in [2.24, 2.45) is 0 Å². The van der Waals surface area contributed by atoms with Gasteiger partial charge in [0.2, 0.25) is 0 Å². The van der Waals surface area contributed by atoms with Gasteiger partial charge in [-0.05, 0) is 30.4 Å². The fraction of sp³-hybridized carbons (Fsp3) is 0.357. The number of carbonyl (C=O) groups is 1. The molecule has 0 aliphatic carbocycles. The predicted octanol–water partition coefficient (Wildman–Crippen LogP) is 3.22. The van der Waals surface area contributed by atoms with Crippen molar-refractivity contribution in [3.63, 3.8) is 0 Å². The van der Waals surface area contributed by atoms with Crippen molar-refractivity contribution in [3.8, 4) is 0 Å². The molecular formula is C14H16N2OS. The van der Waals surface area contributed by atoms with Gasteiger partial charge in [0.1, 0.15) is 4.88 Å². The lowest BCUT2D eigenvalue weighted by molar-refractivity contribution is 0.0996. The fourth-order valence-electron chi connectivity index (χ4n) is 1.91. The maximum Gasteiger partial charge on any atom is 0.180 e. The van der Waals surface area contributed by atoms with Gasteiger partial charge in [-0.3, -0.25) is 4.79 Å². The molecule has 0 bridgehead atoms. The topological polar surface area (TPSA) is 42.9 Å². The zero-order chi connectivity index (χ0) is 13.0. The van der Waals surface area contributed by atoms with E-state index in [-0.39, 0.29) is 5.78 Å². The first kappa shape index (κ1) is 12.9. The highest BCUT2D eigenvalue weighted by atomic mass is 32.1. The highest BCUT2D eigenvalue weighted by Crippen LogP contribution is 2.16. The van der Waals surface area contributed by atoms with E-state index < -0.39 is 0 Å². The van der Waals surface area contributed by atoms with Crippen LogP contribution in [0.1, 0.15) is 39.8 Å². The lowest BCUT2D eigenvalue weighted by Crippen LogP contribution is -2.05. The zero-order valence-corrected chi connectivity index (χ0v) is 11.5. The molecule has 1 aromatic carbocycles. The van der Waals surface area contributed by atoms with Crippen LogP contribution in [0.25, 0.3) is 0 Å². The van der Waals surface area contributed by atoms with Crippen molar-refractivity contribution in [1.29, 1.82) is 0 Å². The van der Waals surface area contributed by atoms with Crippen LogP contribution in [-0.4, -0.2) is 15.4 Å². The Kier molecular flexibility index (Phi) is 4.20.